The first-order chi connectivity index (χ1) is 9.51. The van der Waals surface area contributed by atoms with Crippen LogP contribution in [-0.2, 0) is 0 Å². The van der Waals surface area contributed by atoms with Crippen LogP contribution < -0.4 is 16.6 Å². The Bertz CT molecular complexity index is 663. The SMILES string of the molecule is Cc1ccc(NC(=O)c2cc(Br)cnc2NN)cc1F. The lowest BCUT2D eigenvalue weighted by Gasteiger charge is -2.10. The number of carbonyl (C=O) groups excluding carboxylic acids is 1. The summed E-state index contributed by atoms with van der Waals surface area (Å²) in [6.45, 7) is 1.65. The second-order valence-corrected chi connectivity index (χ2v) is 5.03. The van der Waals surface area contributed by atoms with Crippen LogP contribution in [0.1, 0.15) is 15.9 Å². The summed E-state index contributed by atoms with van der Waals surface area (Å²) >= 11 is 3.23. The molecule has 0 fully saturated rings. The number of nitrogens with zero attached hydrogens (tertiary/aromatic N) is 1. The molecule has 0 radical (unpaired) electrons. The van der Waals surface area contributed by atoms with Crippen LogP contribution in [0.3, 0.4) is 0 Å². The fourth-order valence-electron chi connectivity index (χ4n) is 1.60. The van der Waals surface area contributed by atoms with Crippen molar-refractivity contribution in [2.75, 3.05) is 10.7 Å². The molecule has 4 N–H and O–H groups in total. The number of nitrogen functional groups attached to an aromatic ring is 1. The average Bonchev–Trinajstić information content (AvgIpc) is 2.43. The van der Waals surface area contributed by atoms with Gasteiger partial charge < -0.3 is 10.7 Å². The summed E-state index contributed by atoms with van der Waals surface area (Å²) in [5, 5.41) is 2.59. The van der Waals surface area contributed by atoms with E-state index in [0.717, 1.165) is 0 Å². The van der Waals surface area contributed by atoms with Crippen LogP contribution in [0.5, 0.6) is 0 Å². The van der Waals surface area contributed by atoms with E-state index in [0.29, 0.717) is 15.7 Å². The van der Waals surface area contributed by atoms with E-state index in [9.17, 15) is 9.18 Å². The standard InChI is InChI=1S/C13H12BrFN4O/c1-7-2-3-9(5-11(7)15)18-13(20)10-4-8(14)6-17-12(10)19-16/h2-6H,16H2,1H3,(H,17,19)(H,18,20). The molecule has 1 heterocycles. The minimum absolute atomic E-state index is 0.235. The summed E-state index contributed by atoms with van der Waals surface area (Å²) < 4.78 is 14.1. The van der Waals surface area contributed by atoms with Crippen LogP contribution in [0.4, 0.5) is 15.9 Å². The minimum atomic E-state index is -0.435. The number of aryl methyl sites for hydroxylation is 1. The topological polar surface area (TPSA) is 80.0 Å². The summed E-state index contributed by atoms with van der Waals surface area (Å²) in [6, 6.07) is 6.04. The maximum absolute atomic E-state index is 13.4. The first-order valence-electron chi connectivity index (χ1n) is 5.71. The zero-order valence-electron chi connectivity index (χ0n) is 10.6. The van der Waals surface area contributed by atoms with Gasteiger partial charge in [0.2, 0.25) is 0 Å². The molecule has 2 aromatic rings. The second-order valence-electron chi connectivity index (χ2n) is 4.11. The van der Waals surface area contributed by atoms with Crippen molar-refractivity contribution in [1.82, 2.24) is 4.98 Å². The number of rotatable bonds is 3. The van der Waals surface area contributed by atoms with Gasteiger partial charge in [0.25, 0.3) is 5.91 Å². The summed E-state index contributed by atoms with van der Waals surface area (Å²) in [7, 11) is 0. The number of nitrogens with two attached hydrogens (primary N) is 1. The normalized spacial score (nSPS) is 10.2. The smallest absolute Gasteiger partial charge is 0.259 e. The van der Waals surface area contributed by atoms with Crippen molar-refractivity contribution < 1.29 is 9.18 Å². The predicted octanol–water partition coefficient (Wildman–Crippen LogP) is 2.83. The first-order valence-corrected chi connectivity index (χ1v) is 6.50. The number of aromatic nitrogens is 1. The molecule has 1 amide bonds. The van der Waals surface area contributed by atoms with Crippen molar-refractivity contribution in [2.45, 2.75) is 6.92 Å². The summed E-state index contributed by atoms with van der Waals surface area (Å²) in [6.07, 6.45) is 1.51. The lowest BCUT2D eigenvalue weighted by atomic mass is 10.2. The molecule has 0 unspecified atom stereocenters. The van der Waals surface area contributed by atoms with Gasteiger partial charge in [-0.25, -0.2) is 15.2 Å². The van der Waals surface area contributed by atoms with Gasteiger partial charge in [0, 0.05) is 16.4 Å². The van der Waals surface area contributed by atoms with Crippen LogP contribution in [-0.4, -0.2) is 10.9 Å². The van der Waals surface area contributed by atoms with Crippen LogP contribution in [0.2, 0.25) is 0 Å². The van der Waals surface area contributed by atoms with E-state index in [1.165, 1.54) is 12.3 Å². The van der Waals surface area contributed by atoms with Gasteiger partial charge in [0.1, 0.15) is 5.82 Å². The third-order valence-corrected chi connectivity index (χ3v) is 3.10. The molecule has 104 valence electrons. The highest BCUT2D eigenvalue weighted by atomic mass is 79.9. The lowest BCUT2D eigenvalue weighted by Crippen LogP contribution is -2.18. The monoisotopic (exact) mass is 338 g/mol. The number of carbonyl (C=O) groups is 1. The number of hydrogen-bond donors (Lipinski definition) is 3. The van der Waals surface area contributed by atoms with Crippen molar-refractivity contribution in [3.63, 3.8) is 0 Å². The molecule has 0 bridgehead atoms. The molecule has 2 rings (SSSR count). The second kappa shape index (κ2) is 5.98. The Balaban J connectivity index is 2.27. The predicted molar refractivity (Wildman–Crippen MR) is 78.8 cm³/mol. The van der Waals surface area contributed by atoms with Crippen molar-refractivity contribution >= 4 is 33.3 Å². The Morgan fingerprint density at radius 2 is 2.15 bits per heavy atom. The Hall–Kier alpha value is -1.99. The Morgan fingerprint density at radius 3 is 2.80 bits per heavy atom. The van der Waals surface area contributed by atoms with E-state index in [4.69, 9.17) is 5.84 Å². The summed E-state index contributed by atoms with van der Waals surface area (Å²) in [4.78, 5) is 16.1. The average molecular weight is 339 g/mol. The summed E-state index contributed by atoms with van der Waals surface area (Å²) in [5.74, 6) is 4.73. The van der Waals surface area contributed by atoms with Gasteiger partial charge in [-0.15, -0.1) is 0 Å². The quantitative estimate of drug-likeness (QED) is 0.593. The largest absolute Gasteiger partial charge is 0.322 e. The van der Waals surface area contributed by atoms with Gasteiger partial charge in [0.05, 0.1) is 5.56 Å². The number of amides is 1. The highest BCUT2D eigenvalue weighted by Crippen LogP contribution is 2.20. The molecule has 20 heavy (non-hydrogen) atoms. The van der Waals surface area contributed by atoms with Crippen molar-refractivity contribution in [2.24, 2.45) is 5.84 Å². The number of benzene rings is 1. The van der Waals surface area contributed by atoms with Crippen LogP contribution >= 0.6 is 15.9 Å². The van der Waals surface area contributed by atoms with Crippen molar-refractivity contribution in [1.29, 1.82) is 0 Å². The Morgan fingerprint density at radius 1 is 1.40 bits per heavy atom. The molecule has 0 atom stereocenters. The van der Waals surface area contributed by atoms with Gasteiger partial charge in [-0.2, -0.15) is 0 Å². The van der Waals surface area contributed by atoms with Crippen molar-refractivity contribution in [3.8, 4) is 0 Å². The van der Waals surface area contributed by atoms with E-state index in [1.54, 1.807) is 25.1 Å². The molecule has 1 aromatic carbocycles. The maximum Gasteiger partial charge on any atom is 0.259 e. The van der Waals surface area contributed by atoms with Crippen molar-refractivity contribution in [3.05, 3.63) is 51.9 Å². The minimum Gasteiger partial charge on any atom is -0.322 e. The van der Waals surface area contributed by atoms with Crippen LogP contribution in [0.15, 0.2) is 34.9 Å². The van der Waals surface area contributed by atoms with Crippen LogP contribution in [0.25, 0.3) is 0 Å². The van der Waals surface area contributed by atoms with E-state index >= 15 is 0 Å². The molecule has 7 heteroatoms. The molecular formula is C13H12BrFN4O. The number of anilines is 2. The van der Waals surface area contributed by atoms with E-state index in [1.807, 2.05) is 0 Å². The molecule has 5 nitrogen and oxygen atoms in total. The van der Waals surface area contributed by atoms with E-state index < -0.39 is 5.91 Å². The first kappa shape index (κ1) is 14.4. The number of nitrogens with one attached hydrogen (secondary N) is 2. The van der Waals surface area contributed by atoms with Gasteiger partial charge in [-0.1, -0.05) is 6.07 Å². The van der Waals surface area contributed by atoms with E-state index in [2.05, 4.69) is 31.7 Å². The van der Waals surface area contributed by atoms with E-state index in [-0.39, 0.29) is 17.2 Å². The van der Waals surface area contributed by atoms with Gasteiger partial charge >= 0.3 is 0 Å². The number of halogens is 2. The molecule has 0 saturated heterocycles. The highest BCUT2D eigenvalue weighted by Gasteiger charge is 2.13. The van der Waals surface area contributed by atoms with Gasteiger partial charge in [-0.3, -0.25) is 4.79 Å². The Labute approximate surface area is 123 Å². The Kier molecular flexibility index (Phi) is 4.31. The maximum atomic E-state index is 13.4. The highest BCUT2D eigenvalue weighted by molar-refractivity contribution is 9.10. The number of hydrazine groups is 1. The number of pyridine rings is 1. The number of hydrogen-bond acceptors (Lipinski definition) is 4. The molecule has 0 saturated carbocycles. The molecule has 0 spiro atoms. The molecule has 0 aliphatic heterocycles. The molecular weight excluding hydrogens is 327 g/mol. The van der Waals surface area contributed by atoms with Gasteiger partial charge in [0.15, 0.2) is 5.82 Å². The molecule has 0 aliphatic carbocycles. The zero-order chi connectivity index (χ0) is 14.7. The summed E-state index contributed by atoms with van der Waals surface area (Å²) in [5.41, 5.74) is 3.47. The fourth-order valence-corrected chi connectivity index (χ4v) is 1.93. The third kappa shape index (κ3) is 3.12. The lowest BCUT2D eigenvalue weighted by molar-refractivity contribution is 0.102. The zero-order valence-corrected chi connectivity index (χ0v) is 12.2. The molecule has 0 aliphatic rings. The molecule has 1 aromatic heterocycles. The fraction of sp³-hybridized carbons (Fsp3) is 0.0769. The van der Waals surface area contributed by atoms with Crippen LogP contribution in [0, 0.1) is 12.7 Å². The van der Waals surface area contributed by atoms with Gasteiger partial charge in [-0.05, 0) is 46.6 Å². The third-order valence-electron chi connectivity index (χ3n) is 2.67.